The van der Waals surface area contributed by atoms with E-state index in [-0.39, 0.29) is 0 Å². The van der Waals surface area contributed by atoms with E-state index in [1.807, 2.05) is 338 Å². The second-order valence-electron chi connectivity index (χ2n) is 18.7. The van der Waals surface area contributed by atoms with Gasteiger partial charge in [0.1, 0.15) is 6.33 Å². The van der Waals surface area contributed by atoms with E-state index < -0.39 is 0 Å². The van der Waals surface area contributed by atoms with Crippen molar-refractivity contribution in [1.82, 2.24) is 89.7 Å². The van der Waals surface area contributed by atoms with Crippen LogP contribution < -0.4 is 0 Å². The van der Waals surface area contributed by atoms with Gasteiger partial charge in [0, 0.05) is 215 Å². The third-order valence-electron chi connectivity index (χ3n) is 12.8. The first-order chi connectivity index (χ1) is 53.7. The van der Waals surface area contributed by atoms with Crippen LogP contribution >= 0.6 is 0 Å². The van der Waals surface area contributed by atoms with E-state index in [0.717, 1.165) is 87.0 Å². The van der Waals surface area contributed by atoms with Crippen molar-refractivity contribution in [2.75, 3.05) is 0 Å². The summed E-state index contributed by atoms with van der Waals surface area (Å²) >= 11 is 0. The van der Waals surface area contributed by atoms with Crippen molar-refractivity contribution in [2.45, 2.75) is 125 Å². The molecular weight excluding hydrogens is 1330 g/mol. The molecule has 18 heteroatoms. The van der Waals surface area contributed by atoms with Crippen molar-refractivity contribution in [1.29, 1.82) is 0 Å². The Bertz CT molecular complexity index is 3530. The molecule has 0 saturated carbocycles. The lowest BCUT2D eigenvalue weighted by atomic mass is 10.2. The lowest BCUT2D eigenvalue weighted by molar-refractivity contribution is 1.22. The Morgan fingerprint density at radius 2 is 0.343 bits per heavy atom. The van der Waals surface area contributed by atoms with Gasteiger partial charge in [0.25, 0.3) is 0 Å². The number of nitrogens with zero attached hydrogens (tertiary/aromatic N) is 18. The molecule has 0 atom stereocenters. The minimum atomic E-state index is 0.949. The molecule has 0 unspecified atom stereocenters. The van der Waals surface area contributed by atoms with E-state index in [1.54, 1.807) is 118 Å². The summed E-state index contributed by atoms with van der Waals surface area (Å²) < 4.78 is 0. The largest absolute Gasteiger partial charge is 0.264 e. The van der Waals surface area contributed by atoms with Crippen LogP contribution in [0.25, 0.3) is 97.7 Å². The van der Waals surface area contributed by atoms with Gasteiger partial charge in [-0.1, -0.05) is 155 Å². The summed E-state index contributed by atoms with van der Waals surface area (Å²) in [5, 5.41) is 13.5. The fraction of sp³-hybridized carbons (Fsp3) is 0.200. The zero-order chi connectivity index (χ0) is 79.3. The maximum Gasteiger partial charge on any atom is 0.116 e. The second-order valence-corrected chi connectivity index (χ2v) is 18.7. The van der Waals surface area contributed by atoms with E-state index in [4.69, 9.17) is 0 Å². The lowest BCUT2D eigenvalue weighted by Crippen LogP contribution is -1.78. The number of hydrogen-bond acceptors (Lipinski definition) is 18. The maximum absolute atomic E-state index is 4.14. The molecule has 17 heterocycles. The van der Waals surface area contributed by atoms with Crippen LogP contribution in [-0.2, 0) is 0 Å². The molecule has 0 aliphatic heterocycles. The topological polar surface area (TPSA) is 232 Å². The lowest BCUT2D eigenvalue weighted by Gasteiger charge is -1.91. The predicted octanol–water partition coefficient (Wildman–Crippen LogP) is 23.9. The third-order valence-corrected chi connectivity index (χ3v) is 12.8. The minimum absolute atomic E-state index is 0.949. The monoisotopic (exact) mass is 1440 g/mol. The van der Waals surface area contributed by atoms with Gasteiger partial charge in [0.2, 0.25) is 0 Å². The maximum atomic E-state index is 4.14. The highest BCUT2D eigenvalue weighted by Gasteiger charge is 1.94. The minimum Gasteiger partial charge on any atom is -0.264 e. The summed E-state index contributed by atoms with van der Waals surface area (Å²) in [6.45, 7) is 36.0. The zero-order valence-corrected chi connectivity index (χ0v) is 66.2. The molecule has 18 rings (SSSR count). The van der Waals surface area contributed by atoms with Crippen molar-refractivity contribution < 1.29 is 0 Å². The fourth-order valence-electron chi connectivity index (χ4n) is 8.26. The van der Waals surface area contributed by atoms with Crippen LogP contribution in [0.1, 0.15) is 125 Å². The third kappa shape index (κ3) is 35.5. The van der Waals surface area contributed by atoms with Gasteiger partial charge in [0.15, 0.2) is 0 Å². The van der Waals surface area contributed by atoms with Crippen molar-refractivity contribution >= 4 is 97.7 Å². The molecular formula is C90H108N18. The highest BCUT2D eigenvalue weighted by molar-refractivity contribution is 5.83. The Morgan fingerprint density at radius 3 is 0.667 bits per heavy atom. The summed E-state index contributed by atoms with van der Waals surface area (Å²) in [7, 11) is 0. The highest BCUT2D eigenvalue weighted by Crippen LogP contribution is 2.13. The van der Waals surface area contributed by atoms with E-state index in [2.05, 4.69) is 89.7 Å². The smallest absolute Gasteiger partial charge is 0.116 e. The zero-order valence-electron chi connectivity index (χ0n) is 66.2. The van der Waals surface area contributed by atoms with Crippen LogP contribution in [0.4, 0.5) is 0 Å². The Morgan fingerprint density at radius 1 is 0.130 bits per heavy atom. The predicted molar refractivity (Wildman–Crippen MR) is 458 cm³/mol. The van der Waals surface area contributed by atoms with Gasteiger partial charge in [-0.15, -0.1) is 0 Å². The number of hydrogen-bond donors (Lipinski definition) is 0. The van der Waals surface area contributed by atoms with Gasteiger partial charge in [-0.05, 0) is 132 Å². The van der Waals surface area contributed by atoms with Crippen LogP contribution in [0, 0.1) is 0 Å². The molecule has 0 radical (unpaired) electrons. The summed E-state index contributed by atoms with van der Waals surface area (Å²) in [4.78, 5) is 72.3. The van der Waals surface area contributed by atoms with Crippen molar-refractivity contribution in [3.8, 4) is 0 Å². The van der Waals surface area contributed by atoms with Gasteiger partial charge in [-0.2, -0.15) is 0 Å². The molecule has 0 amide bonds. The molecule has 0 fully saturated rings. The average Bonchev–Trinajstić information content (AvgIpc) is 0.998. The van der Waals surface area contributed by atoms with Crippen molar-refractivity contribution in [3.05, 3.63) is 331 Å². The first-order valence-corrected chi connectivity index (χ1v) is 37.0. The van der Waals surface area contributed by atoms with Gasteiger partial charge in [-0.3, -0.25) is 79.7 Å². The van der Waals surface area contributed by atoms with Crippen LogP contribution in [0.2, 0.25) is 0 Å². The van der Waals surface area contributed by atoms with E-state index >= 15 is 0 Å². The van der Waals surface area contributed by atoms with Crippen LogP contribution in [0.3, 0.4) is 0 Å². The van der Waals surface area contributed by atoms with Crippen LogP contribution in [0.5, 0.6) is 0 Å². The molecule has 0 spiro atoms. The molecule has 17 aromatic heterocycles. The number of fused-ring (bicyclic) bond motifs is 9. The SMILES string of the molecule is CC.CC.CC.CC.CC.CC.CC.CC.CC.c1cc2ccncc2cn1.c1cc2ccncc2cn1.c1cc2cnccc2cn1.c1cc2cnccc2cn1.c1ccc2ncncc2c1.c1cnc2cccnc2c1.c1cnc2ccncc2c1.c1cnc2cnccc2c1.c1cnc2cnccc2c1. The van der Waals surface area contributed by atoms with E-state index in [1.165, 1.54) is 10.8 Å². The number of aromatic nitrogens is 18. The number of rotatable bonds is 0. The second kappa shape index (κ2) is 63.7. The van der Waals surface area contributed by atoms with Gasteiger partial charge >= 0.3 is 0 Å². The van der Waals surface area contributed by atoms with Crippen LogP contribution in [-0.4, -0.2) is 89.7 Å². The molecule has 0 bridgehead atoms. The first kappa shape index (κ1) is 93.1. The van der Waals surface area contributed by atoms with Crippen LogP contribution in [0.15, 0.2) is 331 Å². The van der Waals surface area contributed by atoms with Gasteiger partial charge in [-0.25, -0.2) is 9.97 Å². The number of para-hydroxylation sites is 1. The molecule has 1 aromatic carbocycles. The molecule has 0 aliphatic carbocycles. The summed E-state index contributed by atoms with van der Waals surface area (Å²) in [6.07, 6.45) is 51.6. The van der Waals surface area contributed by atoms with Gasteiger partial charge < -0.3 is 0 Å². The van der Waals surface area contributed by atoms with E-state index in [0.29, 0.717) is 0 Å². The van der Waals surface area contributed by atoms with Gasteiger partial charge in [0.05, 0.1) is 45.5 Å². The average molecular weight is 1440 g/mol. The highest BCUT2D eigenvalue weighted by atomic mass is 14.8. The molecule has 0 aliphatic rings. The number of pyridine rings is 16. The van der Waals surface area contributed by atoms with E-state index in [9.17, 15) is 0 Å². The quantitative estimate of drug-likeness (QED) is 0.137. The van der Waals surface area contributed by atoms with Crippen molar-refractivity contribution in [2.24, 2.45) is 0 Å². The summed E-state index contributed by atoms with van der Waals surface area (Å²) in [5.41, 5.74) is 5.79. The normalized spacial score (nSPS) is 8.83. The Kier molecular flexibility index (Phi) is 54.9. The molecule has 558 valence electrons. The molecule has 108 heavy (non-hydrogen) atoms. The number of benzene rings is 1. The molecule has 0 N–H and O–H groups in total. The first-order valence-electron chi connectivity index (χ1n) is 37.0. The Labute approximate surface area is 640 Å². The fourth-order valence-corrected chi connectivity index (χ4v) is 8.26. The Balaban J connectivity index is 0.000000591. The molecule has 0 saturated heterocycles. The standard InChI is InChI=1S/9C8H6N2.9C2H6/c2*1-3-9-6-8-2-4-10-5-7(1)8;2*1-3-9-5-8-6-10-4-2-7(1)8;1-3-7-8(9-5-1)4-2-6-10-7;1-2-7-6-9-5-3-8(7)10-4-1;2*1-2-7-3-5-9-6-8(7)10-4-1;1-2-4-8-7(3-1)5-9-6-10-8;9*1-2/h9*1-6H;9*1-2H3. The Hall–Kier alpha value is -13.0. The van der Waals surface area contributed by atoms with Crippen molar-refractivity contribution in [3.63, 3.8) is 0 Å². The molecule has 18 aromatic rings. The molecule has 18 nitrogen and oxygen atoms in total. The summed E-state index contributed by atoms with van der Waals surface area (Å²) in [6, 6.07) is 48.8. The summed E-state index contributed by atoms with van der Waals surface area (Å²) in [5.74, 6) is 0.